The van der Waals surface area contributed by atoms with Crippen molar-refractivity contribution in [2.24, 2.45) is 0 Å². The van der Waals surface area contributed by atoms with E-state index in [0.29, 0.717) is 19.5 Å². The van der Waals surface area contributed by atoms with Crippen LogP contribution in [0, 0.1) is 12.7 Å². The zero-order valence-corrected chi connectivity index (χ0v) is 18.3. The SMILES string of the molecule is Cc1ccccc1CN1CCC(c2cn(Cc3cccc(F)c3)c3ccccc23)CC1=O. The molecule has 1 saturated heterocycles. The maximum Gasteiger partial charge on any atom is 0.223 e. The molecular formula is C28H27FN2O. The fraction of sp³-hybridized carbons (Fsp3) is 0.250. The van der Waals surface area contributed by atoms with Crippen LogP contribution in [0.15, 0.2) is 79.0 Å². The van der Waals surface area contributed by atoms with E-state index >= 15 is 0 Å². The van der Waals surface area contributed by atoms with Crippen LogP contribution < -0.4 is 0 Å². The number of aryl methyl sites for hydroxylation is 1. The summed E-state index contributed by atoms with van der Waals surface area (Å²) in [6.07, 6.45) is 3.65. The van der Waals surface area contributed by atoms with Crippen molar-refractivity contribution in [3.63, 3.8) is 0 Å². The summed E-state index contributed by atoms with van der Waals surface area (Å²) < 4.78 is 15.9. The number of carbonyl (C=O) groups is 1. The Morgan fingerprint density at radius 3 is 2.59 bits per heavy atom. The first-order chi connectivity index (χ1) is 15.6. The minimum absolute atomic E-state index is 0.203. The molecule has 2 heterocycles. The number of benzene rings is 3. The van der Waals surface area contributed by atoms with Crippen LogP contribution in [-0.4, -0.2) is 21.9 Å². The van der Waals surface area contributed by atoms with E-state index in [9.17, 15) is 9.18 Å². The van der Waals surface area contributed by atoms with E-state index in [1.165, 1.54) is 28.1 Å². The molecule has 5 rings (SSSR count). The molecule has 1 fully saturated rings. The van der Waals surface area contributed by atoms with Gasteiger partial charge in [0.15, 0.2) is 0 Å². The van der Waals surface area contributed by atoms with Gasteiger partial charge in [0.2, 0.25) is 5.91 Å². The maximum absolute atomic E-state index is 13.7. The molecule has 1 aromatic heterocycles. The van der Waals surface area contributed by atoms with Crippen molar-refractivity contribution >= 4 is 16.8 Å². The summed E-state index contributed by atoms with van der Waals surface area (Å²) in [5.74, 6) is 0.201. The van der Waals surface area contributed by atoms with Crippen LogP contribution >= 0.6 is 0 Å². The highest BCUT2D eigenvalue weighted by Gasteiger charge is 2.29. The molecule has 4 heteroatoms. The third-order valence-electron chi connectivity index (χ3n) is 6.64. The fourth-order valence-electron chi connectivity index (χ4n) is 4.87. The normalized spacial score (nSPS) is 16.6. The molecule has 0 radical (unpaired) electrons. The number of hydrogen-bond donors (Lipinski definition) is 0. The zero-order valence-electron chi connectivity index (χ0n) is 18.3. The van der Waals surface area contributed by atoms with Crippen LogP contribution in [-0.2, 0) is 17.9 Å². The van der Waals surface area contributed by atoms with E-state index in [4.69, 9.17) is 0 Å². The molecule has 3 nitrogen and oxygen atoms in total. The number of piperidine rings is 1. The second kappa shape index (κ2) is 8.62. The van der Waals surface area contributed by atoms with Crippen LogP contribution in [0.5, 0.6) is 0 Å². The van der Waals surface area contributed by atoms with Crippen LogP contribution in [0.2, 0.25) is 0 Å². The standard InChI is InChI=1S/C28H27FN2O/c1-20-7-2-3-9-23(20)18-30-14-13-22(16-28(30)32)26-19-31(27-12-5-4-11-25(26)27)17-21-8-6-10-24(29)15-21/h2-12,15,19,22H,13-14,16-18H2,1H3. The van der Waals surface area contributed by atoms with Gasteiger partial charge in [-0.1, -0.05) is 54.6 Å². The Kier molecular flexibility index (Phi) is 5.52. The third kappa shape index (κ3) is 4.05. The van der Waals surface area contributed by atoms with Gasteiger partial charge in [0.25, 0.3) is 0 Å². The Morgan fingerprint density at radius 1 is 0.969 bits per heavy atom. The van der Waals surface area contributed by atoms with Crippen LogP contribution in [0.1, 0.15) is 41.0 Å². The zero-order chi connectivity index (χ0) is 22.1. The number of nitrogens with zero attached hydrogens (tertiary/aromatic N) is 2. The second-order valence-corrected chi connectivity index (χ2v) is 8.79. The lowest BCUT2D eigenvalue weighted by molar-refractivity contribution is -0.134. The summed E-state index contributed by atoms with van der Waals surface area (Å²) in [5, 5.41) is 1.19. The number of carbonyl (C=O) groups excluding carboxylic acids is 1. The Morgan fingerprint density at radius 2 is 1.78 bits per heavy atom. The maximum atomic E-state index is 13.7. The van der Waals surface area contributed by atoms with Gasteiger partial charge in [-0.15, -0.1) is 0 Å². The van der Waals surface area contributed by atoms with E-state index in [1.54, 1.807) is 12.1 Å². The fourth-order valence-corrected chi connectivity index (χ4v) is 4.87. The van der Waals surface area contributed by atoms with Gasteiger partial charge in [-0.3, -0.25) is 4.79 Å². The first kappa shape index (κ1) is 20.5. The molecule has 0 N–H and O–H groups in total. The Bertz CT molecular complexity index is 1280. The second-order valence-electron chi connectivity index (χ2n) is 8.79. The molecule has 0 aliphatic carbocycles. The Labute approximate surface area is 188 Å². The number of halogens is 1. The average Bonchev–Trinajstić information content (AvgIpc) is 3.15. The van der Waals surface area contributed by atoms with Gasteiger partial charge in [-0.2, -0.15) is 0 Å². The summed E-state index contributed by atoms with van der Waals surface area (Å²) in [7, 11) is 0. The van der Waals surface area contributed by atoms with Gasteiger partial charge in [0.1, 0.15) is 5.82 Å². The highest BCUT2D eigenvalue weighted by molar-refractivity contribution is 5.86. The van der Waals surface area contributed by atoms with Crippen molar-refractivity contribution in [3.8, 4) is 0 Å². The first-order valence-electron chi connectivity index (χ1n) is 11.2. The highest BCUT2D eigenvalue weighted by Crippen LogP contribution is 2.35. The summed E-state index contributed by atoms with van der Waals surface area (Å²) in [5.41, 5.74) is 5.72. The average molecular weight is 427 g/mol. The number of rotatable bonds is 5. The molecule has 1 atom stereocenters. The number of fused-ring (bicyclic) bond motifs is 1. The van der Waals surface area contributed by atoms with Crippen molar-refractivity contribution in [1.29, 1.82) is 0 Å². The van der Waals surface area contributed by atoms with Crippen molar-refractivity contribution < 1.29 is 9.18 Å². The lowest BCUT2D eigenvalue weighted by Gasteiger charge is -2.32. The summed E-state index contributed by atoms with van der Waals surface area (Å²) in [6, 6.07) is 23.3. The van der Waals surface area contributed by atoms with Gasteiger partial charge >= 0.3 is 0 Å². The molecule has 4 aromatic rings. The highest BCUT2D eigenvalue weighted by atomic mass is 19.1. The number of hydrogen-bond acceptors (Lipinski definition) is 1. The number of aromatic nitrogens is 1. The molecule has 162 valence electrons. The smallest absolute Gasteiger partial charge is 0.223 e. The first-order valence-corrected chi connectivity index (χ1v) is 11.2. The van der Waals surface area contributed by atoms with E-state index < -0.39 is 0 Å². The lowest BCUT2D eigenvalue weighted by Crippen LogP contribution is -2.37. The number of amides is 1. The van der Waals surface area contributed by atoms with E-state index in [-0.39, 0.29) is 17.6 Å². The lowest BCUT2D eigenvalue weighted by atomic mass is 9.88. The van der Waals surface area contributed by atoms with Gasteiger partial charge in [-0.25, -0.2) is 4.39 Å². The molecule has 1 aliphatic rings. The van der Waals surface area contributed by atoms with Gasteiger partial charge in [-0.05, 0) is 59.7 Å². The van der Waals surface area contributed by atoms with Gasteiger partial charge in [0, 0.05) is 43.2 Å². The van der Waals surface area contributed by atoms with Crippen molar-refractivity contribution in [2.45, 2.75) is 38.8 Å². The molecule has 3 aromatic carbocycles. The minimum atomic E-state index is -0.217. The predicted octanol–water partition coefficient (Wildman–Crippen LogP) is 6.04. The minimum Gasteiger partial charge on any atom is -0.343 e. The number of para-hydroxylation sites is 1. The monoisotopic (exact) mass is 426 g/mol. The molecule has 1 amide bonds. The molecule has 1 aliphatic heterocycles. The molecule has 0 spiro atoms. The topological polar surface area (TPSA) is 25.2 Å². The van der Waals surface area contributed by atoms with Crippen LogP contribution in [0.3, 0.4) is 0 Å². The van der Waals surface area contributed by atoms with Gasteiger partial charge < -0.3 is 9.47 Å². The largest absolute Gasteiger partial charge is 0.343 e. The van der Waals surface area contributed by atoms with Crippen LogP contribution in [0.25, 0.3) is 10.9 Å². The molecule has 0 saturated carbocycles. The van der Waals surface area contributed by atoms with Crippen molar-refractivity contribution in [2.75, 3.05) is 6.54 Å². The van der Waals surface area contributed by atoms with Crippen molar-refractivity contribution in [1.82, 2.24) is 9.47 Å². The van der Waals surface area contributed by atoms with E-state index in [0.717, 1.165) is 24.0 Å². The Balaban J connectivity index is 1.38. The summed E-state index contributed by atoms with van der Waals surface area (Å²) >= 11 is 0. The predicted molar refractivity (Wildman–Crippen MR) is 126 cm³/mol. The molecular weight excluding hydrogens is 399 g/mol. The summed E-state index contributed by atoms with van der Waals surface area (Å²) in [6.45, 7) is 4.15. The van der Waals surface area contributed by atoms with Gasteiger partial charge in [0.05, 0.1) is 0 Å². The summed E-state index contributed by atoms with van der Waals surface area (Å²) in [4.78, 5) is 15.0. The third-order valence-corrected chi connectivity index (χ3v) is 6.64. The van der Waals surface area contributed by atoms with Crippen molar-refractivity contribution in [3.05, 3.63) is 107 Å². The molecule has 0 bridgehead atoms. The molecule has 32 heavy (non-hydrogen) atoms. The number of likely N-dealkylation sites (tertiary alicyclic amines) is 1. The quantitative estimate of drug-likeness (QED) is 0.382. The van der Waals surface area contributed by atoms with E-state index in [1.807, 2.05) is 35.2 Å². The molecule has 1 unspecified atom stereocenters. The van der Waals surface area contributed by atoms with E-state index in [2.05, 4.69) is 42.0 Å². The Hall–Kier alpha value is -3.40. The van der Waals surface area contributed by atoms with Crippen LogP contribution in [0.4, 0.5) is 4.39 Å².